The molecular weight excluding hydrogens is 412 g/mol. The van der Waals surface area contributed by atoms with E-state index in [9.17, 15) is 14.7 Å². The van der Waals surface area contributed by atoms with Crippen molar-refractivity contribution in [2.75, 3.05) is 17.8 Å². The molecule has 0 saturated heterocycles. The fourth-order valence-electron chi connectivity index (χ4n) is 3.62. The number of benzene rings is 2. The smallest absolute Gasteiger partial charge is 0.294 e. The molecule has 2 aromatic rings. The Morgan fingerprint density at radius 3 is 2.52 bits per heavy atom. The van der Waals surface area contributed by atoms with Crippen LogP contribution in [0, 0.1) is 17.2 Å². The van der Waals surface area contributed by atoms with Crippen molar-refractivity contribution in [1.29, 1.82) is 5.26 Å². The number of hydrogen-bond acceptors (Lipinski definition) is 6. The van der Waals surface area contributed by atoms with E-state index in [2.05, 4.69) is 0 Å². The van der Waals surface area contributed by atoms with Crippen LogP contribution in [-0.4, -0.2) is 29.7 Å². The Kier molecular flexibility index (Phi) is 7.03. The summed E-state index contributed by atoms with van der Waals surface area (Å²) < 4.78 is 5.58. The number of carbonyl (C=O) groups is 2. The Morgan fingerprint density at radius 2 is 1.90 bits per heavy atom. The van der Waals surface area contributed by atoms with E-state index in [0.717, 1.165) is 4.90 Å². The minimum Gasteiger partial charge on any atom is -0.503 e. The number of para-hydroxylation sites is 1. The minimum atomic E-state index is -0.853. The van der Waals surface area contributed by atoms with Crippen LogP contribution in [0.1, 0.15) is 31.9 Å². The highest BCUT2D eigenvalue weighted by molar-refractivity contribution is 7.98. The zero-order valence-electron chi connectivity index (χ0n) is 17.7. The molecule has 1 aliphatic rings. The lowest BCUT2D eigenvalue weighted by Crippen LogP contribution is -2.31. The molecule has 3 rings (SSSR count). The summed E-state index contributed by atoms with van der Waals surface area (Å²) in [4.78, 5) is 28.7. The highest BCUT2D eigenvalue weighted by Gasteiger charge is 2.45. The number of nitriles is 1. The van der Waals surface area contributed by atoms with Crippen molar-refractivity contribution in [3.63, 3.8) is 0 Å². The highest BCUT2D eigenvalue weighted by atomic mass is 32.2. The third-order valence-electron chi connectivity index (χ3n) is 4.96. The van der Waals surface area contributed by atoms with Crippen molar-refractivity contribution in [3.05, 3.63) is 65.4 Å². The van der Waals surface area contributed by atoms with Gasteiger partial charge in [-0.3, -0.25) is 14.5 Å². The first-order valence-electron chi connectivity index (χ1n) is 9.91. The van der Waals surface area contributed by atoms with E-state index in [0.29, 0.717) is 17.0 Å². The van der Waals surface area contributed by atoms with Crippen LogP contribution in [0.3, 0.4) is 0 Å². The van der Waals surface area contributed by atoms with Gasteiger partial charge in [0.2, 0.25) is 0 Å². The third kappa shape index (κ3) is 4.59. The molecule has 6 nitrogen and oxygen atoms in total. The molecule has 0 aliphatic carbocycles. The van der Waals surface area contributed by atoms with Crippen molar-refractivity contribution in [2.24, 2.45) is 5.92 Å². The number of thioether (sulfide) groups is 1. The molecule has 1 N–H and O–H groups in total. The van der Waals surface area contributed by atoms with Crippen LogP contribution in [0.15, 0.2) is 64.8 Å². The largest absolute Gasteiger partial charge is 0.503 e. The van der Waals surface area contributed by atoms with Crippen LogP contribution < -0.4 is 9.64 Å². The van der Waals surface area contributed by atoms with E-state index >= 15 is 0 Å². The summed E-state index contributed by atoms with van der Waals surface area (Å²) in [7, 11) is 0. The van der Waals surface area contributed by atoms with Gasteiger partial charge in [0.15, 0.2) is 18.1 Å². The van der Waals surface area contributed by atoms with Gasteiger partial charge in [-0.15, -0.1) is 11.8 Å². The second-order valence-electron chi connectivity index (χ2n) is 7.54. The quantitative estimate of drug-likeness (QED) is 0.596. The lowest BCUT2D eigenvalue weighted by Gasteiger charge is -2.28. The van der Waals surface area contributed by atoms with Crippen molar-refractivity contribution in [2.45, 2.75) is 31.2 Å². The first-order chi connectivity index (χ1) is 14.9. The van der Waals surface area contributed by atoms with Crippen LogP contribution >= 0.6 is 11.8 Å². The maximum atomic E-state index is 13.1. The number of nitrogens with zero attached hydrogens (tertiary/aromatic N) is 2. The molecule has 7 heteroatoms. The predicted octanol–water partition coefficient (Wildman–Crippen LogP) is 4.83. The first kappa shape index (κ1) is 22.4. The maximum Gasteiger partial charge on any atom is 0.294 e. The van der Waals surface area contributed by atoms with E-state index in [-0.39, 0.29) is 30.3 Å². The summed E-state index contributed by atoms with van der Waals surface area (Å²) in [6, 6.07) is 15.4. The van der Waals surface area contributed by atoms with Gasteiger partial charge < -0.3 is 9.84 Å². The van der Waals surface area contributed by atoms with Crippen molar-refractivity contribution in [3.8, 4) is 11.8 Å². The van der Waals surface area contributed by atoms with E-state index < -0.39 is 17.7 Å². The molecule has 0 radical (unpaired) electrons. The number of amides is 1. The number of rotatable bonds is 8. The summed E-state index contributed by atoms with van der Waals surface area (Å²) in [6.45, 7) is 3.64. The minimum absolute atomic E-state index is 0.0562. The molecule has 160 valence electrons. The maximum absolute atomic E-state index is 13.1. The number of aliphatic hydroxyl groups is 1. The molecule has 1 amide bonds. The van der Waals surface area contributed by atoms with Crippen LogP contribution in [0.25, 0.3) is 0 Å². The molecule has 1 aliphatic heterocycles. The van der Waals surface area contributed by atoms with Crippen molar-refractivity contribution in [1.82, 2.24) is 0 Å². The monoisotopic (exact) mass is 436 g/mol. The van der Waals surface area contributed by atoms with Crippen LogP contribution in [-0.2, 0) is 9.59 Å². The van der Waals surface area contributed by atoms with Crippen molar-refractivity contribution < 1.29 is 19.4 Å². The lowest BCUT2D eigenvalue weighted by molar-refractivity contribution is -0.118. The summed E-state index contributed by atoms with van der Waals surface area (Å²) in [5, 5.41) is 19.7. The zero-order valence-corrected chi connectivity index (χ0v) is 18.5. The van der Waals surface area contributed by atoms with Gasteiger partial charge in [0.05, 0.1) is 11.6 Å². The fraction of sp³-hybridized carbons (Fsp3) is 0.292. The van der Waals surface area contributed by atoms with Gasteiger partial charge in [0.25, 0.3) is 5.91 Å². The van der Waals surface area contributed by atoms with Gasteiger partial charge >= 0.3 is 0 Å². The normalized spacial score (nSPS) is 16.0. The summed E-state index contributed by atoms with van der Waals surface area (Å²) in [6.07, 6.45) is 2.15. The molecule has 0 saturated carbocycles. The number of carbonyl (C=O) groups excluding carboxylic acids is 2. The summed E-state index contributed by atoms with van der Waals surface area (Å²) in [5.74, 6) is -1.02. The molecule has 0 fully saturated rings. The number of hydrogen-bond donors (Lipinski definition) is 1. The average Bonchev–Trinajstić information content (AvgIpc) is 3.02. The molecule has 1 unspecified atom stereocenters. The van der Waals surface area contributed by atoms with Gasteiger partial charge in [0, 0.05) is 22.6 Å². The molecule has 0 spiro atoms. The van der Waals surface area contributed by atoms with Gasteiger partial charge in [0.1, 0.15) is 11.8 Å². The highest BCUT2D eigenvalue weighted by Crippen LogP contribution is 2.44. The SMILES string of the molecule is CSc1ccc(N2C(=O)C(O)=C(C(=O)CC(C)C)C2c2ccccc2OCC#N)cc1. The number of Topliss-reactive ketones (excluding diaryl/α,β-unsaturated/α-hetero) is 1. The Balaban J connectivity index is 2.16. The Bertz CT molecular complexity index is 1050. The molecule has 0 bridgehead atoms. The van der Waals surface area contributed by atoms with E-state index in [1.165, 1.54) is 4.90 Å². The van der Waals surface area contributed by atoms with E-state index in [1.807, 2.05) is 38.3 Å². The Morgan fingerprint density at radius 1 is 1.23 bits per heavy atom. The summed E-state index contributed by atoms with van der Waals surface area (Å²) in [5.41, 5.74) is 1.15. The molecule has 1 heterocycles. The number of aliphatic hydroxyl groups excluding tert-OH is 1. The van der Waals surface area contributed by atoms with E-state index in [1.54, 1.807) is 48.2 Å². The first-order valence-corrected chi connectivity index (χ1v) is 11.1. The molecule has 2 aromatic carbocycles. The number of ether oxygens (including phenoxy) is 1. The van der Waals surface area contributed by atoms with Crippen LogP contribution in [0.2, 0.25) is 0 Å². The van der Waals surface area contributed by atoms with Gasteiger partial charge in [-0.1, -0.05) is 32.0 Å². The molecule has 0 aromatic heterocycles. The Labute approximate surface area is 186 Å². The average molecular weight is 437 g/mol. The van der Waals surface area contributed by atoms with Crippen LogP contribution in [0.4, 0.5) is 5.69 Å². The van der Waals surface area contributed by atoms with Crippen molar-refractivity contribution >= 4 is 29.1 Å². The Hall–Kier alpha value is -3.24. The number of ketones is 1. The van der Waals surface area contributed by atoms with Gasteiger partial charge in [-0.05, 0) is 42.5 Å². The topological polar surface area (TPSA) is 90.6 Å². The third-order valence-corrected chi connectivity index (χ3v) is 5.70. The standard InChI is InChI=1S/C24H24N2O4S/c1-15(2)14-19(27)21-22(18-6-4-5-7-20(18)30-13-12-25)26(24(29)23(21)28)16-8-10-17(31-3)11-9-16/h4-11,15,22,28H,13-14H2,1-3H3. The fourth-order valence-corrected chi connectivity index (χ4v) is 4.03. The second kappa shape index (κ2) is 9.71. The summed E-state index contributed by atoms with van der Waals surface area (Å²) >= 11 is 1.57. The zero-order chi connectivity index (χ0) is 22.5. The van der Waals surface area contributed by atoms with E-state index in [4.69, 9.17) is 10.00 Å². The molecule has 1 atom stereocenters. The van der Waals surface area contributed by atoms with Crippen LogP contribution in [0.5, 0.6) is 5.75 Å². The second-order valence-corrected chi connectivity index (χ2v) is 8.42. The molecular formula is C24H24N2O4S. The lowest BCUT2D eigenvalue weighted by atomic mass is 9.91. The molecule has 31 heavy (non-hydrogen) atoms. The number of anilines is 1. The predicted molar refractivity (Wildman–Crippen MR) is 120 cm³/mol. The van der Waals surface area contributed by atoms with Gasteiger partial charge in [-0.25, -0.2) is 0 Å². The van der Waals surface area contributed by atoms with Gasteiger partial charge in [-0.2, -0.15) is 5.26 Å².